The van der Waals surface area contributed by atoms with Crippen LogP contribution in [0.25, 0.3) is 0 Å². The summed E-state index contributed by atoms with van der Waals surface area (Å²) < 4.78 is 5.64. The number of imide groups is 1. The molecule has 3 atom stereocenters. The zero-order valence-electron chi connectivity index (χ0n) is 17.1. The van der Waals surface area contributed by atoms with E-state index in [2.05, 4.69) is 11.0 Å². The first-order valence-corrected chi connectivity index (χ1v) is 10.6. The van der Waals surface area contributed by atoms with E-state index in [-0.39, 0.29) is 18.5 Å². The summed E-state index contributed by atoms with van der Waals surface area (Å²) in [6.07, 6.45) is 1.72. The van der Waals surface area contributed by atoms with Crippen LogP contribution >= 0.6 is 0 Å². The van der Waals surface area contributed by atoms with Crippen LogP contribution < -0.4 is 4.74 Å². The summed E-state index contributed by atoms with van der Waals surface area (Å²) in [5.74, 6) is 1.31. The Labute approximate surface area is 176 Å². The first kappa shape index (κ1) is 20.6. The fourth-order valence-corrected chi connectivity index (χ4v) is 4.88. The number of rotatable bonds is 5. The minimum atomic E-state index is -0.612. The number of amides is 3. The maximum absolute atomic E-state index is 12.7. The van der Waals surface area contributed by atoms with Gasteiger partial charge in [-0.2, -0.15) is 5.26 Å². The van der Waals surface area contributed by atoms with Crippen molar-refractivity contribution in [2.45, 2.75) is 25.4 Å². The second-order valence-corrected chi connectivity index (χ2v) is 8.62. The van der Waals surface area contributed by atoms with Gasteiger partial charge in [0, 0.05) is 45.7 Å². The van der Waals surface area contributed by atoms with E-state index in [4.69, 9.17) is 10.00 Å². The third kappa shape index (κ3) is 4.74. The summed E-state index contributed by atoms with van der Waals surface area (Å²) in [7, 11) is 0. The number of β-amino-alcohol motifs (C(OH)–C–C–N with tert-alkyl or cyclic N) is 1. The van der Waals surface area contributed by atoms with E-state index in [1.54, 1.807) is 24.3 Å². The van der Waals surface area contributed by atoms with Gasteiger partial charge in [0.2, 0.25) is 5.91 Å². The number of fused-ring (bicyclic) bond motifs is 2. The number of hydrogen-bond donors (Lipinski definition) is 1. The van der Waals surface area contributed by atoms with Crippen molar-refractivity contribution in [1.82, 2.24) is 14.7 Å². The molecular formula is C22H28N4O4. The number of nitriles is 1. The third-order valence-electron chi connectivity index (χ3n) is 6.13. The number of benzene rings is 1. The molecule has 160 valence electrons. The molecule has 0 spiro atoms. The van der Waals surface area contributed by atoms with Gasteiger partial charge in [-0.3, -0.25) is 14.6 Å². The average molecular weight is 412 g/mol. The first-order valence-electron chi connectivity index (χ1n) is 10.6. The monoisotopic (exact) mass is 412 g/mol. The van der Waals surface area contributed by atoms with Gasteiger partial charge in [-0.1, -0.05) is 0 Å². The van der Waals surface area contributed by atoms with Crippen molar-refractivity contribution in [2.75, 3.05) is 45.9 Å². The molecule has 3 heterocycles. The maximum atomic E-state index is 12.7. The van der Waals surface area contributed by atoms with Crippen LogP contribution in [0.4, 0.5) is 4.79 Å². The second-order valence-electron chi connectivity index (χ2n) is 8.62. The number of likely N-dealkylation sites (tertiary alicyclic amines) is 3. The fourth-order valence-electron chi connectivity index (χ4n) is 4.88. The number of urea groups is 1. The molecule has 8 heteroatoms. The van der Waals surface area contributed by atoms with Crippen molar-refractivity contribution in [3.05, 3.63) is 29.8 Å². The lowest BCUT2D eigenvalue weighted by Gasteiger charge is -2.46. The van der Waals surface area contributed by atoms with Crippen LogP contribution in [0.2, 0.25) is 0 Å². The molecule has 1 aromatic carbocycles. The predicted octanol–water partition coefficient (Wildman–Crippen LogP) is 1.29. The van der Waals surface area contributed by atoms with Crippen LogP contribution in [0.5, 0.6) is 5.75 Å². The van der Waals surface area contributed by atoms with E-state index >= 15 is 0 Å². The van der Waals surface area contributed by atoms with Gasteiger partial charge >= 0.3 is 6.03 Å². The lowest BCUT2D eigenvalue weighted by Crippen LogP contribution is -2.57. The minimum Gasteiger partial charge on any atom is -0.491 e. The average Bonchev–Trinajstić information content (AvgIpc) is 3.17. The molecule has 0 aromatic heterocycles. The lowest BCUT2D eigenvalue weighted by molar-refractivity contribution is -0.125. The highest BCUT2D eigenvalue weighted by molar-refractivity contribution is 5.95. The first-order chi connectivity index (χ1) is 14.5. The number of carbonyl (C=O) groups excluding carboxylic acids is 2. The maximum Gasteiger partial charge on any atom is 0.326 e. The summed E-state index contributed by atoms with van der Waals surface area (Å²) in [6, 6.07) is 8.78. The van der Waals surface area contributed by atoms with Crippen LogP contribution in [-0.2, 0) is 4.79 Å². The SMILES string of the molecule is N#Cc1ccc(OC[C@H](O)CN2CC3CC(C2)CN(C(=O)N2CCCC2=O)C3)cc1. The Morgan fingerprint density at radius 1 is 1.20 bits per heavy atom. The molecule has 3 aliphatic heterocycles. The van der Waals surface area contributed by atoms with E-state index < -0.39 is 6.10 Å². The van der Waals surface area contributed by atoms with Gasteiger partial charge in [0.25, 0.3) is 0 Å². The van der Waals surface area contributed by atoms with Gasteiger partial charge in [0.05, 0.1) is 11.6 Å². The minimum absolute atomic E-state index is 0.0530. The molecule has 4 rings (SSSR count). The van der Waals surface area contributed by atoms with Crippen LogP contribution in [0, 0.1) is 23.2 Å². The Kier molecular flexibility index (Phi) is 6.21. The van der Waals surface area contributed by atoms with E-state index in [9.17, 15) is 14.7 Å². The molecule has 1 aromatic rings. The van der Waals surface area contributed by atoms with Crippen molar-refractivity contribution in [3.8, 4) is 11.8 Å². The summed E-state index contributed by atoms with van der Waals surface area (Å²) in [5.41, 5.74) is 0.573. The van der Waals surface area contributed by atoms with E-state index in [1.165, 1.54) is 4.90 Å². The van der Waals surface area contributed by atoms with Crippen molar-refractivity contribution in [2.24, 2.45) is 11.8 Å². The highest BCUT2D eigenvalue weighted by Gasteiger charge is 2.39. The largest absolute Gasteiger partial charge is 0.491 e. The molecule has 3 amide bonds. The zero-order chi connectivity index (χ0) is 21.1. The lowest BCUT2D eigenvalue weighted by atomic mass is 9.84. The molecule has 0 aliphatic carbocycles. The normalized spacial score (nSPS) is 25.1. The summed E-state index contributed by atoms with van der Waals surface area (Å²) in [5, 5.41) is 19.2. The molecule has 2 unspecified atom stereocenters. The van der Waals surface area contributed by atoms with Gasteiger partial charge < -0.3 is 14.7 Å². The van der Waals surface area contributed by atoms with Crippen LogP contribution in [-0.4, -0.2) is 83.7 Å². The molecule has 30 heavy (non-hydrogen) atoms. The highest BCUT2D eigenvalue weighted by atomic mass is 16.5. The molecule has 3 saturated heterocycles. The fraction of sp³-hybridized carbons (Fsp3) is 0.591. The van der Waals surface area contributed by atoms with Crippen molar-refractivity contribution < 1.29 is 19.4 Å². The summed E-state index contributed by atoms with van der Waals surface area (Å²) >= 11 is 0. The molecule has 3 fully saturated rings. The predicted molar refractivity (Wildman–Crippen MR) is 109 cm³/mol. The Morgan fingerprint density at radius 3 is 2.50 bits per heavy atom. The Hall–Kier alpha value is -2.63. The van der Waals surface area contributed by atoms with Crippen molar-refractivity contribution >= 4 is 11.9 Å². The standard InChI is InChI=1S/C22H28N4O4/c23-9-16-3-5-20(6-4-16)30-15-19(27)14-24-10-17-8-18(11-24)13-25(12-17)22(29)26-7-1-2-21(26)28/h3-6,17-19,27H,1-2,7-8,10-15H2/t17?,18?,19-/m1/s1. The highest BCUT2D eigenvalue weighted by Crippen LogP contribution is 2.30. The van der Waals surface area contributed by atoms with Gasteiger partial charge in [-0.15, -0.1) is 0 Å². The number of hydrogen-bond acceptors (Lipinski definition) is 6. The van der Waals surface area contributed by atoms with Crippen LogP contribution in [0.15, 0.2) is 24.3 Å². The topological polar surface area (TPSA) is 97.1 Å². The summed E-state index contributed by atoms with van der Waals surface area (Å²) in [6.45, 7) is 4.29. The number of piperidine rings is 2. The Bertz CT molecular complexity index is 807. The molecule has 3 aliphatic rings. The van der Waals surface area contributed by atoms with Gasteiger partial charge in [0.1, 0.15) is 18.5 Å². The number of aliphatic hydroxyl groups excluding tert-OH is 1. The smallest absolute Gasteiger partial charge is 0.326 e. The quantitative estimate of drug-likeness (QED) is 0.783. The number of carbonyl (C=O) groups is 2. The number of nitrogens with zero attached hydrogens (tertiary/aromatic N) is 4. The van der Waals surface area contributed by atoms with Gasteiger partial charge in [-0.05, 0) is 48.9 Å². The Morgan fingerprint density at radius 2 is 1.90 bits per heavy atom. The third-order valence-corrected chi connectivity index (χ3v) is 6.13. The Balaban J connectivity index is 1.24. The summed E-state index contributed by atoms with van der Waals surface area (Å²) in [4.78, 5) is 30.1. The number of ether oxygens (including phenoxy) is 1. The van der Waals surface area contributed by atoms with Crippen molar-refractivity contribution in [3.63, 3.8) is 0 Å². The van der Waals surface area contributed by atoms with E-state index in [0.717, 1.165) is 25.9 Å². The van der Waals surface area contributed by atoms with E-state index in [0.29, 0.717) is 55.7 Å². The number of aliphatic hydroxyl groups is 1. The molecule has 0 saturated carbocycles. The van der Waals surface area contributed by atoms with E-state index in [1.807, 2.05) is 4.90 Å². The van der Waals surface area contributed by atoms with Crippen molar-refractivity contribution in [1.29, 1.82) is 5.26 Å². The molecule has 0 radical (unpaired) electrons. The molecule has 8 nitrogen and oxygen atoms in total. The van der Waals surface area contributed by atoms with Crippen LogP contribution in [0.3, 0.4) is 0 Å². The molecular weight excluding hydrogens is 384 g/mol. The molecule has 2 bridgehead atoms. The van der Waals surface area contributed by atoms with Gasteiger partial charge in [-0.25, -0.2) is 4.79 Å². The van der Waals surface area contributed by atoms with Gasteiger partial charge in [0.15, 0.2) is 0 Å². The molecule has 1 N–H and O–H groups in total. The second kappa shape index (κ2) is 9.02. The van der Waals surface area contributed by atoms with Crippen LogP contribution in [0.1, 0.15) is 24.8 Å². The zero-order valence-corrected chi connectivity index (χ0v) is 17.1.